The Labute approximate surface area is 127 Å². The van der Waals surface area contributed by atoms with Gasteiger partial charge in [-0.1, -0.05) is 6.07 Å². The lowest BCUT2D eigenvalue weighted by molar-refractivity contribution is -0.119. The predicted molar refractivity (Wildman–Crippen MR) is 79.3 cm³/mol. The fraction of sp³-hybridized carbons (Fsp3) is 0.385. The molecular weight excluding hydrogens is 306 g/mol. The first-order valence-corrected chi connectivity index (χ1v) is 8.63. The Balaban J connectivity index is 1.76. The standard InChI is InChI=1S/C13H15N5O3S/c1-9-15-16-17-18(9)12-4-2-3-11(7-12)14-13(19)10-5-6-22(20,21)8-10/h2-4,7,10H,5-6,8H2,1H3,(H,14,19). The SMILES string of the molecule is Cc1nnnn1-c1cccc(NC(=O)C2CCS(=O)(=O)C2)c1. The highest BCUT2D eigenvalue weighted by Crippen LogP contribution is 2.21. The van der Waals surface area contributed by atoms with Crippen LogP contribution in [0.25, 0.3) is 5.69 Å². The van der Waals surface area contributed by atoms with E-state index < -0.39 is 15.8 Å². The average molecular weight is 321 g/mol. The Morgan fingerprint density at radius 1 is 1.41 bits per heavy atom. The zero-order chi connectivity index (χ0) is 15.7. The van der Waals surface area contributed by atoms with Gasteiger partial charge in [-0.05, 0) is 42.0 Å². The van der Waals surface area contributed by atoms with Crippen LogP contribution in [0.1, 0.15) is 12.2 Å². The molecule has 1 saturated heterocycles. The van der Waals surface area contributed by atoms with E-state index in [1.165, 1.54) is 0 Å². The maximum atomic E-state index is 12.1. The topological polar surface area (TPSA) is 107 Å². The number of carbonyl (C=O) groups is 1. The van der Waals surface area contributed by atoms with Gasteiger partial charge in [0.05, 0.1) is 23.1 Å². The highest BCUT2D eigenvalue weighted by Gasteiger charge is 2.32. The van der Waals surface area contributed by atoms with E-state index in [0.717, 1.165) is 5.69 Å². The van der Waals surface area contributed by atoms with Crippen molar-refractivity contribution in [2.75, 3.05) is 16.8 Å². The number of carbonyl (C=O) groups excluding carboxylic acids is 1. The first kappa shape index (κ1) is 14.6. The molecular formula is C13H15N5O3S. The van der Waals surface area contributed by atoms with Crippen molar-refractivity contribution in [3.63, 3.8) is 0 Å². The van der Waals surface area contributed by atoms with E-state index in [2.05, 4.69) is 20.8 Å². The molecule has 1 aromatic heterocycles. The Morgan fingerprint density at radius 2 is 2.23 bits per heavy atom. The maximum Gasteiger partial charge on any atom is 0.228 e. The molecule has 1 aromatic carbocycles. The summed E-state index contributed by atoms with van der Waals surface area (Å²) in [5.74, 6) is -0.125. The Kier molecular flexibility index (Phi) is 3.65. The number of sulfone groups is 1. The van der Waals surface area contributed by atoms with Gasteiger partial charge in [-0.3, -0.25) is 4.79 Å². The Morgan fingerprint density at radius 3 is 2.86 bits per heavy atom. The molecule has 1 atom stereocenters. The molecule has 1 N–H and O–H groups in total. The van der Waals surface area contributed by atoms with Gasteiger partial charge < -0.3 is 5.32 Å². The van der Waals surface area contributed by atoms with Crippen LogP contribution in [-0.4, -0.2) is 46.0 Å². The summed E-state index contributed by atoms with van der Waals surface area (Å²) in [5, 5.41) is 14.0. The third-order valence-corrected chi connectivity index (χ3v) is 5.35. The van der Waals surface area contributed by atoms with Crippen LogP contribution in [0, 0.1) is 12.8 Å². The van der Waals surface area contributed by atoms with Gasteiger partial charge in [0.25, 0.3) is 0 Å². The van der Waals surface area contributed by atoms with Crippen LogP contribution in [0.5, 0.6) is 0 Å². The molecule has 3 rings (SSSR count). The number of amides is 1. The molecule has 116 valence electrons. The quantitative estimate of drug-likeness (QED) is 0.874. The molecule has 1 aliphatic rings. The molecule has 9 heteroatoms. The fourth-order valence-corrected chi connectivity index (χ4v) is 4.17. The number of anilines is 1. The molecule has 2 aromatic rings. The summed E-state index contributed by atoms with van der Waals surface area (Å²) >= 11 is 0. The second kappa shape index (κ2) is 5.48. The van der Waals surface area contributed by atoms with Gasteiger partial charge in [0.2, 0.25) is 5.91 Å². The first-order valence-electron chi connectivity index (χ1n) is 6.81. The van der Waals surface area contributed by atoms with Gasteiger partial charge in [-0.25, -0.2) is 8.42 Å². The minimum atomic E-state index is -3.07. The normalized spacial score (nSPS) is 20.0. The number of benzene rings is 1. The highest BCUT2D eigenvalue weighted by atomic mass is 32.2. The van der Waals surface area contributed by atoms with E-state index in [1.807, 2.05) is 6.07 Å². The van der Waals surface area contributed by atoms with E-state index in [4.69, 9.17) is 0 Å². The van der Waals surface area contributed by atoms with Crippen molar-refractivity contribution < 1.29 is 13.2 Å². The minimum absolute atomic E-state index is 0.0783. The second-order valence-electron chi connectivity index (χ2n) is 5.28. The molecule has 0 radical (unpaired) electrons. The lowest BCUT2D eigenvalue weighted by Gasteiger charge is -2.10. The van der Waals surface area contributed by atoms with Gasteiger partial charge in [0.1, 0.15) is 0 Å². The number of nitrogens with zero attached hydrogens (tertiary/aromatic N) is 4. The number of hydrogen-bond acceptors (Lipinski definition) is 6. The molecule has 1 amide bonds. The number of nitrogens with one attached hydrogen (secondary N) is 1. The number of tetrazole rings is 1. The molecule has 1 aliphatic heterocycles. The summed E-state index contributed by atoms with van der Waals surface area (Å²) < 4.78 is 24.4. The van der Waals surface area contributed by atoms with E-state index in [0.29, 0.717) is 17.9 Å². The molecule has 1 unspecified atom stereocenters. The highest BCUT2D eigenvalue weighted by molar-refractivity contribution is 7.91. The van der Waals surface area contributed by atoms with Crippen LogP contribution in [0.3, 0.4) is 0 Å². The lowest BCUT2D eigenvalue weighted by atomic mass is 10.1. The van der Waals surface area contributed by atoms with Crippen LogP contribution in [0.15, 0.2) is 24.3 Å². The summed E-state index contributed by atoms with van der Waals surface area (Å²) in [4.78, 5) is 12.1. The van der Waals surface area contributed by atoms with E-state index in [1.54, 1.807) is 29.8 Å². The van der Waals surface area contributed by atoms with Crippen LogP contribution in [0.4, 0.5) is 5.69 Å². The van der Waals surface area contributed by atoms with Gasteiger partial charge in [0.15, 0.2) is 15.7 Å². The summed E-state index contributed by atoms with van der Waals surface area (Å²) in [6.07, 6.45) is 0.375. The van der Waals surface area contributed by atoms with Gasteiger partial charge in [-0.15, -0.1) is 5.10 Å². The van der Waals surface area contributed by atoms with E-state index in [9.17, 15) is 13.2 Å². The van der Waals surface area contributed by atoms with Gasteiger partial charge in [-0.2, -0.15) is 4.68 Å². The molecule has 22 heavy (non-hydrogen) atoms. The molecule has 0 bridgehead atoms. The van der Waals surface area contributed by atoms with Crippen LogP contribution in [0.2, 0.25) is 0 Å². The van der Waals surface area contributed by atoms with Crippen molar-refractivity contribution in [3.05, 3.63) is 30.1 Å². The van der Waals surface area contributed by atoms with Crippen molar-refractivity contribution in [2.45, 2.75) is 13.3 Å². The molecule has 0 aliphatic carbocycles. The Hall–Kier alpha value is -2.29. The van der Waals surface area contributed by atoms with Crippen molar-refractivity contribution in [3.8, 4) is 5.69 Å². The van der Waals surface area contributed by atoms with Crippen molar-refractivity contribution in [1.82, 2.24) is 20.2 Å². The maximum absolute atomic E-state index is 12.1. The second-order valence-corrected chi connectivity index (χ2v) is 7.51. The summed E-state index contributed by atoms with van der Waals surface area (Å²) in [6, 6.07) is 7.08. The largest absolute Gasteiger partial charge is 0.326 e. The Bertz CT molecular complexity index is 815. The zero-order valence-electron chi connectivity index (χ0n) is 11.9. The summed E-state index contributed by atoms with van der Waals surface area (Å²) in [7, 11) is -3.07. The average Bonchev–Trinajstić information content (AvgIpc) is 3.05. The zero-order valence-corrected chi connectivity index (χ0v) is 12.7. The monoisotopic (exact) mass is 321 g/mol. The minimum Gasteiger partial charge on any atom is -0.326 e. The van der Waals surface area contributed by atoms with Crippen LogP contribution < -0.4 is 5.32 Å². The van der Waals surface area contributed by atoms with Crippen molar-refractivity contribution in [2.24, 2.45) is 5.92 Å². The molecule has 1 fully saturated rings. The predicted octanol–water partition coefficient (Wildman–Crippen LogP) is 0.344. The lowest BCUT2D eigenvalue weighted by Crippen LogP contribution is -2.23. The van der Waals surface area contributed by atoms with Crippen LogP contribution in [-0.2, 0) is 14.6 Å². The van der Waals surface area contributed by atoms with Gasteiger partial charge in [0, 0.05) is 5.69 Å². The van der Waals surface area contributed by atoms with Crippen LogP contribution >= 0.6 is 0 Å². The van der Waals surface area contributed by atoms with Gasteiger partial charge >= 0.3 is 0 Å². The summed E-state index contributed by atoms with van der Waals surface area (Å²) in [6.45, 7) is 1.77. The fourth-order valence-electron chi connectivity index (χ4n) is 2.43. The van der Waals surface area contributed by atoms with E-state index >= 15 is 0 Å². The molecule has 8 nitrogen and oxygen atoms in total. The third-order valence-electron chi connectivity index (χ3n) is 3.59. The smallest absolute Gasteiger partial charge is 0.228 e. The summed E-state index contributed by atoms with van der Waals surface area (Å²) in [5.41, 5.74) is 1.31. The molecule has 0 saturated carbocycles. The number of aryl methyl sites for hydroxylation is 1. The van der Waals surface area contributed by atoms with E-state index in [-0.39, 0.29) is 17.4 Å². The third kappa shape index (κ3) is 2.98. The number of aromatic nitrogens is 4. The number of hydrogen-bond donors (Lipinski definition) is 1. The molecule has 0 spiro atoms. The molecule has 2 heterocycles. The first-order chi connectivity index (χ1) is 10.4. The van der Waals surface area contributed by atoms with Crippen molar-refractivity contribution >= 4 is 21.4 Å². The van der Waals surface area contributed by atoms with Crippen molar-refractivity contribution in [1.29, 1.82) is 0 Å². The number of rotatable bonds is 3.